The van der Waals surface area contributed by atoms with E-state index in [9.17, 15) is 9.90 Å². The number of rotatable bonds is 6. The van der Waals surface area contributed by atoms with Crippen molar-refractivity contribution in [3.63, 3.8) is 0 Å². The van der Waals surface area contributed by atoms with Gasteiger partial charge in [-0.15, -0.1) is 0 Å². The van der Waals surface area contributed by atoms with E-state index in [1.807, 2.05) is 91.3 Å². The van der Waals surface area contributed by atoms with Crippen LogP contribution >= 0.6 is 34.7 Å². The van der Waals surface area contributed by atoms with Crippen LogP contribution in [0.4, 0.5) is 0 Å². The molecule has 0 spiro atoms. The standard InChI is InChI=1S/C31H27ClN2O4S2/c1-30(2)17-24(20-8-3-5-10-23(20)38-30)37-27-13-7-12-26(33-27)31(19-14-15-39-18-19)16-22(35)28(29(36)34-31)40-25-11-6-4-9-21(25)32/h3-15,18,24,35H,16-17H2,1-2H3,(H,34,36). The van der Waals surface area contributed by atoms with Crippen molar-refractivity contribution in [2.45, 2.75) is 48.8 Å². The van der Waals surface area contributed by atoms with Gasteiger partial charge in [0.1, 0.15) is 33.7 Å². The second-order valence-corrected chi connectivity index (χ2v) is 12.7. The second-order valence-electron chi connectivity index (χ2n) is 10.4. The van der Waals surface area contributed by atoms with Crippen molar-refractivity contribution in [2.24, 2.45) is 0 Å². The number of hydrogen-bond donors (Lipinski definition) is 2. The van der Waals surface area contributed by atoms with Crippen molar-refractivity contribution < 1.29 is 19.4 Å². The minimum atomic E-state index is -1.07. The highest BCUT2D eigenvalue weighted by Gasteiger charge is 2.45. The van der Waals surface area contributed by atoms with Gasteiger partial charge in [-0.25, -0.2) is 4.98 Å². The first kappa shape index (κ1) is 26.7. The minimum Gasteiger partial charge on any atom is -0.511 e. The maximum atomic E-state index is 13.6. The largest absolute Gasteiger partial charge is 0.511 e. The third kappa shape index (κ3) is 5.07. The number of hydrogen-bond acceptors (Lipinski definition) is 7. The summed E-state index contributed by atoms with van der Waals surface area (Å²) >= 11 is 9.00. The first-order chi connectivity index (χ1) is 19.2. The molecule has 4 aromatic rings. The molecular formula is C31H27ClN2O4S2. The van der Waals surface area contributed by atoms with Crippen LogP contribution < -0.4 is 14.8 Å². The Hall–Kier alpha value is -3.46. The van der Waals surface area contributed by atoms with Gasteiger partial charge < -0.3 is 19.9 Å². The maximum Gasteiger partial charge on any atom is 0.262 e. The number of carbonyl (C=O) groups is 1. The average Bonchev–Trinajstić information content (AvgIpc) is 3.47. The summed E-state index contributed by atoms with van der Waals surface area (Å²) in [5.41, 5.74) is 0.899. The number of nitrogens with zero attached hydrogens (tertiary/aromatic N) is 1. The molecule has 2 N–H and O–H groups in total. The molecule has 2 atom stereocenters. The fourth-order valence-corrected chi connectivity index (χ4v) is 7.04. The predicted octanol–water partition coefficient (Wildman–Crippen LogP) is 7.80. The number of aliphatic hydroxyl groups excluding tert-OH is 1. The first-order valence-corrected chi connectivity index (χ1v) is 15.0. The van der Waals surface area contributed by atoms with Crippen LogP contribution in [0.5, 0.6) is 11.6 Å². The molecule has 0 aliphatic carbocycles. The Balaban J connectivity index is 1.36. The lowest BCUT2D eigenvalue weighted by Gasteiger charge is -2.38. The Morgan fingerprint density at radius 3 is 2.67 bits per heavy atom. The van der Waals surface area contributed by atoms with Crippen LogP contribution in [0.1, 0.15) is 49.6 Å². The summed E-state index contributed by atoms with van der Waals surface area (Å²) < 4.78 is 12.6. The predicted molar refractivity (Wildman–Crippen MR) is 158 cm³/mol. The number of benzene rings is 2. The van der Waals surface area contributed by atoms with Crippen molar-refractivity contribution in [3.05, 3.63) is 116 Å². The van der Waals surface area contributed by atoms with Crippen LogP contribution in [0.25, 0.3) is 0 Å². The fourth-order valence-electron chi connectivity index (χ4n) is 5.19. The zero-order valence-electron chi connectivity index (χ0n) is 21.9. The summed E-state index contributed by atoms with van der Waals surface area (Å²) in [6, 6.07) is 22.6. The first-order valence-electron chi connectivity index (χ1n) is 12.9. The molecule has 2 unspecified atom stereocenters. The van der Waals surface area contributed by atoms with E-state index in [1.54, 1.807) is 6.07 Å². The summed E-state index contributed by atoms with van der Waals surface area (Å²) in [4.78, 5) is 19.4. The Morgan fingerprint density at radius 1 is 1.10 bits per heavy atom. The maximum absolute atomic E-state index is 13.6. The molecule has 2 aromatic heterocycles. The van der Waals surface area contributed by atoms with E-state index in [2.05, 4.69) is 5.32 Å². The van der Waals surface area contributed by atoms with E-state index in [0.29, 0.717) is 27.9 Å². The molecule has 0 bridgehead atoms. The average molecular weight is 591 g/mol. The molecule has 0 radical (unpaired) electrons. The fraction of sp³-hybridized carbons (Fsp3) is 0.226. The number of aliphatic hydroxyl groups is 1. The molecule has 0 saturated heterocycles. The SMILES string of the molecule is CC1(C)CC(Oc2cccc(C3(c4ccsc4)CC(O)=C(Sc4ccccc4Cl)C(=O)N3)n2)c2ccccc2O1. The van der Waals surface area contributed by atoms with Crippen molar-refractivity contribution >= 4 is 40.6 Å². The molecule has 4 heterocycles. The molecule has 2 aromatic carbocycles. The summed E-state index contributed by atoms with van der Waals surface area (Å²) in [5.74, 6) is 0.813. The molecule has 0 saturated carbocycles. The van der Waals surface area contributed by atoms with Gasteiger partial charge >= 0.3 is 0 Å². The number of aromatic nitrogens is 1. The Labute approximate surface area is 246 Å². The zero-order valence-corrected chi connectivity index (χ0v) is 24.3. The van der Waals surface area contributed by atoms with Gasteiger partial charge in [-0.3, -0.25) is 4.79 Å². The van der Waals surface area contributed by atoms with Crippen molar-refractivity contribution in [1.29, 1.82) is 0 Å². The Bertz CT molecular complexity index is 1600. The van der Waals surface area contributed by atoms with Gasteiger partial charge in [-0.2, -0.15) is 11.3 Å². The third-order valence-corrected chi connectivity index (χ3v) is 9.37. The second kappa shape index (κ2) is 10.5. The molecule has 2 aliphatic rings. The van der Waals surface area contributed by atoms with Gasteiger partial charge in [-0.1, -0.05) is 59.8 Å². The van der Waals surface area contributed by atoms with E-state index in [0.717, 1.165) is 28.6 Å². The summed E-state index contributed by atoms with van der Waals surface area (Å²) in [5, 5.41) is 18.9. The molecule has 9 heteroatoms. The van der Waals surface area contributed by atoms with E-state index >= 15 is 0 Å². The molecule has 6 nitrogen and oxygen atoms in total. The van der Waals surface area contributed by atoms with E-state index in [4.69, 9.17) is 26.1 Å². The van der Waals surface area contributed by atoms with Crippen LogP contribution in [0, 0.1) is 0 Å². The van der Waals surface area contributed by atoms with Gasteiger partial charge in [0.2, 0.25) is 5.88 Å². The van der Waals surface area contributed by atoms with Gasteiger partial charge in [-0.05, 0) is 60.5 Å². The van der Waals surface area contributed by atoms with Crippen LogP contribution in [-0.4, -0.2) is 21.6 Å². The number of fused-ring (bicyclic) bond motifs is 1. The molecule has 40 heavy (non-hydrogen) atoms. The molecule has 1 amide bonds. The number of para-hydroxylation sites is 1. The van der Waals surface area contributed by atoms with Gasteiger partial charge in [0.05, 0.1) is 10.7 Å². The summed E-state index contributed by atoms with van der Waals surface area (Å²) in [6.07, 6.45) is 0.521. The van der Waals surface area contributed by atoms with Crippen LogP contribution in [0.2, 0.25) is 5.02 Å². The summed E-state index contributed by atoms with van der Waals surface area (Å²) in [6.45, 7) is 4.08. The Morgan fingerprint density at radius 2 is 1.90 bits per heavy atom. The van der Waals surface area contributed by atoms with E-state index < -0.39 is 17.0 Å². The molecule has 204 valence electrons. The molecule has 2 aliphatic heterocycles. The smallest absolute Gasteiger partial charge is 0.262 e. The van der Waals surface area contributed by atoms with Crippen LogP contribution in [0.15, 0.2) is 99.1 Å². The number of thioether (sulfide) groups is 1. The van der Waals surface area contributed by atoms with Crippen molar-refractivity contribution in [2.75, 3.05) is 0 Å². The Kier molecular flexibility index (Phi) is 7.02. The third-order valence-electron chi connectivity index (χ3n) is 7.04. The monoisotopic (exact) mass is 590 g/mol. The normalized spacial score (nSPS) is 21.8. The summed E-state index contributed by atoms with van der Waals surface area (Å²) in [7, 11) is 0. The highest BCUT2D eigenvalue weighted by atomic mass is 35.5. The van der Waals surface area contributed by atoms with Crippen LogP contribution in [0.3, 0.4) is 0 Å². The number of nitrogens with one attached hydrogen (secondary N) is 1. The van der Waals surface area contributed by atoms with Gasteiger partial charge in [0, 0.05) is 29.4 Å². The van der Waals surface area contributed by atoms with Crippen LogP contribution in [-0.2, 0) is 10.3 Å². The van der Waals surface area contributed by atoms with Gasteiger partial charge in [0.25, 0.3) is 5.91 Å². The number of pyridine rings is 1. The number of carbonyl (C=O) groups excluding carboxylic acids is 1. The van der Waals surface area contributed by atoms with Crippen molar-refractivity contribution in [3.8, 4) is 11.6 Å². The number of halogens is 1. The highest BCUT2D eigenvalue weighted by molar-refractivity contribution is 8.04. The molecular weight excluding hydrogens is 564 g/mol. The molecule has 6 rings (SSSR count). The topological polar surface area (TPSA) is 80.7 Å². The quantitative estimate of drug-likeness (QED) is 0.238. The van der Waals surface area contributed by atoms with E-state index in [1.165, 1.54) is 11.3 Å². The van der Waals surface area contributed by atoms with E-state index in [-0.39, 0.29) is 23.2 Å². The lowest BCUT2D eigenvalue weighted by molar-refractivity contribution is -0.119. The number of amides is 1. The van der Waals surface area contributed by atoms with Crippen molar-refractivity contribution in [1.82, 2.24) is 10.3 Å². The lowest BCUT2D eigenvalue weighted by Crippen LogP contribution is -2.50. The molecule has 0 fully saturated rings. The number of ether oxygens (including phenoxy) is 2. The number of thiophene rings is 1. The lowest BCUT2D eigenvalue weighted by atomic mass is 9.82. The zero-order chi connectivity index (χ0) is 27.9. The van der Waals surface area contributed by atoms with Gasteiger partial charge in [0.15, 0.2) is 0 Å². The highest BCUT2D eigenvalue weighted by Crippen LogP contribution is 2.45. The minimum absolute atomic E-state index is 0.0203.